The molecule has 0 bridgehead atoms. The van der Waals surface area contributed by atoms with E-state index in [1.165, 1.54) is 13.1 Å². The van der Waals surface area contributed by atoms with Crippen LogP contribution in [0.1, 0.15) is 0 Å². The van der Waals surface area contributed by atoms with Crippen LogP contribution in [0.4, 0.5) is 4.79 Å². The molecule has 0 spiro atoms. The Balaban J connectivity index is 4.55. The molecule has 2 amide bonds. The Hall–Kier alpha value is -2.21. The molecule has 0 atom stereocenters. The van der Waals surface area contributed by atoms with E-state index in [4.69, 9.17) is 16.3 Å². The highest BCUT2D eigenvalue weighted by Gasteiger charge is 2.04. The zero-order valence-electron chi connectivity index (χ0n) is 6.38. The van der Waals surface area contributed by atoms with E-state index in [-0.39, 0.29) is 11.4 Å². The fraction of sp³-hybridized carbons (Fsp3) is 0.167. The van der Waals surface area contributed by atoms with Crippen LogP contribution in [-0.4, -0.2) is 13.1 Å². The van der Waals surface area contributed by atoms with E-state index in [0.717, 1.165) is 0 Å². The highest BCUT2D eigenvalue weighted by molar-refractivity contribution is 5.76. The average molecular weight is 165 g/mol. The number of rotatable bonds is 1. The maximum absolute atomic E-state index is 10.6. The molecule has 0 aliphatic rings. The standard InChI is InChI=1S/C6H7N5O/c1-10-6(12)11-5(3-8)4(9)2-7/h9H2,1H3,(H2,10,11,12)/b5-4-. The van der Waals surface area contributed by atoms with E-state index in [0.29, 0.717) is 0 Å². The monoisotopic (exact) mass is 165 g/mol. The van der Waals surface area contributed by atoms with Crippen molar-refractivity contribution in [1.29, 1.82) is 10.5 Å². The van der Waals surface area contributed by atoms with Gasteiger partial charge in [0.25, 0.3) is 0 Å². The average Bonchev–Trinajstić information content (AvgIpc) is 2.12. The molecule has 6 nitrogen and oxygen atoms in total. The van der Waals surface area contributed by atoms with Gasteiger partial charge in [0.2, 0.25) is 0 Å². The van der Waals surface area contributed by atoms with Crippen LogP contribution in [0.5, 0.6) is 0 Å². The lowest BCUT2D eigenvalue weighted by molar-refractivity contribution is 0.245. The first-order chi connectivity index (χ1) is 5.65. The number of urea groups is 1. The van der Waals surface area contributed by atoms with Crippen LogP contribution in [0.25, 0.3) is 0 Å². The van der Waals surface area contributed by atoms with Crippen molar-refractivity contribution < 1.29 is 4.79 Å². The Kier molecular flexibility index (Phi) is 3.74. The second kappa shape index (κ2) is 4.58. The molecule has 0 aliphatic heterocycles. The van der Waals surface area contributed by atoms with Gasteiger partial charge in [-0.15, -0.1) is 0 Å². The number of nitrogens with zero attached hydrogens (tertiary/aromatic N) is 2. The molecule has 12 heavy (non-hydrogen) atoms. The van der Waals surface area contributed by atoms with E-state index in [2.05, 4.69) is 10.6 Å². The lowest BCUT2D eigenvalue weighted by Crippen LogP contribution is -2.33. The van der Waals surface area contributed by atoms with Crippen LogP contribution < -0.4 is 16.4 Å². The molecule has 0 unspecified atom stereocenters. The zero-order valence-corrected chi connectivity index (χ0v) is 6.38. The summed E-state index contributed by atoms with van der Waals surface area (Å²) in [4.78, 5) is 10.6. The van der Waals surface area contributed by atoms with E-state index >= 15 is 0 Å². The Bertz CT molecular complexity index is 292. The highest BCUT2D eigenvalue weighted by Crippen LogP contribution is 1.90. The van der Waals surface area contributed by atoms with Crippen LogP contribution in [-0.2, 0) is 0 Å². The summed E-state index contributed by atoms with van der Waals surface area (Å²) in [5.74, 6) is 0. The SMILES string of the molecule is CNC(=O)N/C(C#N)=C(\N)C#N. The van der Waals surface area contributed by atoms with Gasteiger partial charge in [-0.3, -0.25) is 5.32 Å². The van der Waals surface area contributed by atoms with Gasteiger partial charge in [-0.05, 0) is 0 Å². The van der Waals surface area contributed by atoms with Gasteiger partial charge >= 0.3 is 6.03 Å². The Morgan fingerprint density at radius 1 is 1.42 bits per heavy atom. The summed E-state index contributed by atoms with van der Waals surface area (Å²) in [7, 11) is 1.38. The molecule has 0 aliphatic carbocycles. The van der Waals surface area contributed by atoms with Gasteiger partial charge in [0.05, 0.1) is 0 Å². The maximum atomic E-state index is 10.6. The van der Waals surface area contributed by atoms with Gasteiger partial charge in [-0.2, -0.15) is 10.5 Å². The molecule has 0 saturated heterocycles. The molecule has 0 saturated carbocycles. The van der Waals surface area contributed by atoms with Crippen LogP contribution >= 0.6 is 0 Å². The fourth-order valence-corrected chi connectivity index (χ4v) is 0.387. The minimum atomic E-state index is -0.593. The van der Waals surface area contributed by atoms with Crippen molar-refractivity contribution in [3.63, 3.8) is 0 Å². The summed E-state index contributed by atoms with van der Waals surface area (Å²) in [6, 6.07) is 2.52. The summed E-state index contributed by atoms with van der Waals surface area (Å²) in [6.45, 7) is 0. The Labute approximate surface area is 69.3 Å². The molecule has 0 aromatic heterocycles. The van der Waals surface area contributed by atoms with Crippen LogP contribution in [0.3, 0.4) is 0 Å². The summed E-state index contributed by atoms with van der Waals surface area (Å²) in [5.41, 5.74) is 4.51. The number of hydrogen-bond donors (Lipinski definition) is 3. The molecule has 0 rings (SSSR count). The van der Waals surface area contributed by atoms with Crippen molar-refractivity contribution in [2.45, 2.75) is 0 Å². The first kappa shape index (κ1) is 9.79. The Morgan fingerprint density at radius 3 is 2.33 bits per heavy atom. The van der Waals surface area contributed by atoms with E-state index < -0.39 is 6.03 Å². The normalized spacial score (nSPS) is 10.2. The van der Waals surface area contributed by atoms with Crippen molar-refractivity contribution in [3.8, 4) is 12.1 Å². The van der Waals surface area contributed by atoms with E-state index in [1.807, 2.05) is 0 Å². The number of hydrogen-bond acceptors (Lipinski definition) is 4. The number of nitriles is 2. The quantitative estimate of drug-likeness (QED) is 0.438. The number of carbonyl (C=O) groups is 1. The predicted molar refractivity (Wildman–Crippen MR) is 40.0 cm³/mol. The van der Waals surface area contributed by atoms with Crippen LogP contribution in [0.15, 0.2) is 11.4 Å². The first-order valence-electron chi connectivity index (χ1n) is 2.94. The zero-order chi connectivity index (χ0) is 9.56. The Morgan fingerprint density at radius 2 is 2.00 bits per heavy atom. The molecule has 4 N–H and O–H groups in total. The second-order valence-corrected chi connectivity index (χ2v) is 1.72. The van der Waals surface area contributed by atoms with E-state index in [9.17, 15) is 4.79 Å². The van der Waals surface area contributed by atoms with Crippen molar-refractivity contribution >= 4 is 6.03 Å². The fourth-order valence-electron chi connectivity index (χ4n) is 0.387. The highest BCUT2D eigenvalue weighted by atomic mass is 16.2. The minimum absolute atomic E-state index is 0.253. The third-order valence-electron chi connectivity index (χ3n) is 0.967. The predicted octanol–water partition coefficient (Wildman–Crippen LogP) is -0.867. The first-order valence-corrected chi connectivity index (χ1v) is 2.94. The van der Waals surface area contributed by atoms with Gasteiger partial charge < -0.3 is 11.1 Å². The number of nitrogens with two attached hydrogens (primary N) is 1. The number of allylic oxidation sites excluding steroid dienone is 2. The van der Waals surface area contributed by atoms with Crippen molar-refractivity contribution in [3.05, 3.63) is 11.4 Å². The third-order valence-corrected chi connectivity index (χ3v) is 0.967. The summed E-state index contributed by atoms with van der Waals surface area (Å²) in [6.07, 6.45) is 0. The topological polar surface area (TPSA) is 115 Å². The van der Waals surface area contributed by atoms with Gasteiger partial charge in [-0.1, -0.05) is 0 Å². The molecule has 62 valence electrons. The molecular formula is C6H7N5O. The van der Waals surface area contributed by atoms with Crippen molar-refractivity contribution in [2.24, 2.45) is 5.73 Å². The van der Waals surface area contributed by atoms with Gasteiger partial charge in [-0.25, -0.2) is 4.79 Å². The van der Waals surface area contributed by atoms with Crippen molar-refractivity contribution in [1.82, 2.24) is 10.6 Å². The largest absolute Gasteiger partial charge is 0.388 e. The summed E-state index contributed by atoms with van der Waals surface area (Å²) >= 11 is 0. The summed E-state index contributed by atoms with van der Waals surface area (Å²) in [5, 5.41) is 21.0. The summed E-state index contributed by atoms with van der Waals surface area (Å²) < 4.78 is 0. The number of carbonyl (C=O) groups excluding carboxylic acids is 1. The molecule has 0 aromatic carbocycles. The van der Waals surface area contributed by atoms with E-state index in [1.54, 1.807) is 6.07 Å². The third kappa shape index (κ3) is 2.58. The number of amides is 2. The molecule has 0 heterocycles. The minimum Gasteiger partial charge on any atom is -0.388 e. The van der Waals surface area contributed by atoms with Gasteiger partial charge in [0, 0.05) is 7.05 Å². The van der Waals surface area contributed by atoms with Crippen LogP contribution in [0.2, 0.25) is 0 Å². The second-order valence-electron chi connectivity index (χ2n) is 1.72. The van der Waals surface area contributed by atoms with Crippen molar-refractivity contribution in [2.75, 3.05) is 7.05 Å². The maximum Gasteiger partial charge on any atom is 0.319 e. The van der Waals surface area contributed by atoms with Gasteiger partial charge in [0.15, 0.2) is 5.70 Å². The lowest BCUT2D eigenvalue weighted by Gasteiger charge is -2.00. The van der Waals surface area contributed by atoms with Crippen LogP contribution in [0, 0.1) is 22.7 Å². The molecule has 0 radical (unpaired) electrons. The number of nitrogens with one attached hydrogen (secondary N) is 2. The molecular weight excluding hydrogens is 158 g/mol. The smallest absolute Gasteiger partial charge is 0.319 e. The van der Waals surface area contributed by atoms with Gasteiger partial charge in [0.1, 0.15) is 17.8 Å². The molecule has 6 heteroatoms. The molecule has 0 aromatic rings. The lowest BCUT2D eigenvalue weighted by atomic mass is 10.4. The molecule has 0 fully saturated rings.